The van der Waals surface area contributed by atoms with Gasteiger partial charge >= 0.3 is 0 Å². The van der Waals surface area contributed by atoms with Crippen LogP contribution in [0.5, 0.6) is 0 Å². The summed E-state index contributed by atoms with van der Waals surface area (Å²) in [4.78, 5) is 1.05. The molecule has 6 heteroatoms. The van der Waals surface area contributed by atoms with Gasteiger partial charge in [-0.25, -0.2) is 8.42 Å². The standard InChI is InChI=1S/C13H20N2O2S2/c1-5-8-15(7-3)19(16,17)13-9-11(4)12(18-13)10-14-6-2/h1,9,14H,6-8,10H2,2-4H3. The van der Waals surface area contributed by atoms with Gasteiger partial charge < -0.3 is 5.32 Å². The van der Waals surface area contributed by atoms with Crippen LogP contribution < -0.4 is 5.32 Å². The molecule has 1 rings (SSSR count). The Bertz CT molecular complexity index is 556. The largest absolute Gasteiger partial charge is 0.312 e. The first-order valence-electron chi connectivity index (χ1n) is 6.21. The van der Waals surface area contributed by atoms with Gasteiger partial charge in [0.2, 0.25) is 0 Å². The maximum atomic E-state index is 12.4. The summed E-state index contributed by atoms with van der Waals surface area (Å²) in [6.07, 6.45) is 5.22. The molecule has 0 radical (unpaired) electrons. The Morgan fingerprint density at radius 2 is 2.16 bits per heavy atom. The number of nitrogens with zero attached hydrogens (tertiary/aromatic N) is 1. The smallest absolute Gasteiger partial charge is 0.253 e. The van der Waals surface area contributed by atoms with Gasteiger partial charge in [-0.2, -0.15) is 4.31 Å². The van der Waals surface area contributed by atoms with Crippen molar-refractivity contribution < 1.29 is 8.42 Å². The Hall–Kier alpha value is -0.870. The van der Waals surface area contributed by atoms with Gasteiger partial charge in [-0.05, 0) is 25.1 Å². The second kappa shape index (κ2) is 7.06. The highest BCUT2D eigenvalue weighted by Gasteiger charge is 2.25. The van der Waals surface area contributed by atoms with Gasteiger partial charge in [0.15, 0.2) is 0 Å². The van der Waals surface area contributed by atoms with E-state index >= 15 is 0 Å². The summed E-state index contributed by atoms with van der Waals surface area (Å²) in [5.41, 5.74) is 1.00. The average Bonchev–Trinajstić information content (AvgIpc) is 2.75. The van der Waals surface area contributed by atoms with Crippen molar-refractivity contribution in [1.82, 2.24) is 9.62 Å². The van der Waals surface area contributed by atoms with Crippen LogP contribution in [0.1, 0.15) is 24.3 Å². The zero-order valence-electron chi connectivity index (χ0n) is 11.6. The lowest BCUT2D eigenvalue weighted by Gasteiger charge is -2.16. The highest BCUT2D eigenvalue weighted by molar-refractivity contribution is 7.91. The Labute approximate surface area is 119 Å². The Kier molecular flexibility index (Phi) is 6.01. The number of aryl methyl sites for hydroxylation is 1. The summed E-state index contributed by atoms with van der Waals surface area (Å²) in [7, 11) is -3.46. The van der Waals surface area contributed by atoms with Crippen molar-refractivity contribution in [2.75, 3.05) is 19.6 Å². The molecule has 0 saturated carbocycles. The fourth-order valence-corrected chi connectivity index (χ4v) is 4.70. The molecule has 1 aromatic heterocycles. The number of thiophene rings is 1. The molecule has 0 aliphatic rings. The van der Waals surface area contributed by atoms with Crippen LogP contribution in [-0.4, -0.2) is 32.4 Å². The molecule has 4 nitrogen and oxygen atoms in total. The molecule has 0 fully saturated rings. The van der Waals surface area contributed by atoms with Crippen molar-refractivity contribution in [2.45, 2.75) is 31.5 Å². The first-order chi connectivity index (χ1) is 8.97. The SMILES string of the molecule is C#CCN(CC)S(=O)(=O)c1cc(C)c(CNCC)s1. The summed E-state index contributed by atoms with van der Waals surface area (Å²) in [5, 5.41) is 3.21. The van der Waals surface area contributed by atoms with Gasteiger partial charge in [0, 0.05) is 18.0 Å². The van der Waals surface area contributed by atoms with E-state index in [0.717, 1.165) is 17.0 Å². The fraction of sp³-hybridized carbons (Fsp3) is 0.538. The molecule has 19 heavy (non-hydrogen) atoms. The molecule has 0 aliphatic heterocycles. The summed E-state index contributed by atoms with van der Waals surface area (Å²) < 4.78 is 26.5. The highest BCUT2D eigenvalue weighted by atomic mass is 32.2. The molecular formula is C13H20N2O2S2. The maximum Gasteiger partial charge on any atom is 0.253 e. The van der Waals surface area contributed by atoms with Gasteiger partial charge in [-0.15, -0.1) is 17.8 Å². The molecule has 106 valence electrons. The van der Waals surface area contributed by atoms with Gasteiger partial charge in [-0.3, -0.25) is 0 Å². The van der Waals surface area contributed by atoms with E-state index in [1.54, 1.807) is 13.0 Å². The first kappa shape index (κ1) is 16.2. The minimum atomic E-state index is -3.46. The van der Waals surface area contributed by atoms with Gasteiger partial charge in [0.25, 0.3) is 10.0 Å². The number of terminal acetylenes is 1. The summed E-state index contributed by atoms with van der Waals surface area (Å²) >= 11 is 1.32. The van der Waals surface area contributed by atoms with Gasteiger partial charge in [0.1, 0.15) is 4.21 Å². The average molecular weight is 300 g/mol. The summed E-state index contributed by atoms with van der Waals surface area (Å²) in [5.74, 6) is 2.39. The zero-order valence-corrected chi connectivity index (χ0v) is 13.2. The lowest BCUT2D eigenvalue weighted by Crippen LogP contribution is -2.30. The van der Waals surface area contributed by atoms with Crippen molar-refractivity contribution in [3.05, 3.63) is 16.5 Å². The Morgan fingerprint density at radius 3 is 2.68 bits per heavy atom. The van der Waals surface area contributed by atoms with Gasteiger partial charge in [-0.1, -0.05) is 19.8 Å². The monoisotopic (exact) mass is 300 g/mol. The van der Waals surface area contributed by atoms with Crippen LogP contribution in [-0.2, 0) is 16.6 Å². The fourth-order valence-electron chi connectivity index (χ4n) is 1.63. The van der Waals surface area contributed by atoms with E-state index in [9.17, 15) is 8.42 Å². The zero-order chi connectivity index (χ0) is 14.5. The second-order valence-electron chi connectivity index (χ2n) is 4.09. The third-order valence-corrected chi connectivity index (χ3v) is 6.36. The number of hydrogen-bond donors (Lipinski definition) is 1. The van der Waals surface area contributed by atoms with Crippen molar-refractivity contribution in [2.24, 2.45) is 0 Å². The molecule has 0 atom stereocenters. The van der Waals surface area contributed by atoms with E-state index < -0.39 is 10.0 Å². The van der Waals surface area contributed by atoms with Crippen LogP contribution in [0.15, 0.2) is 10.3 Å². The second-order valence-corrected chi connectivity index (χ2v) is 7.39. The molecule has 0 bridgehead atoms. The molecule has 0 saturated heterocycles. The van der Waals surface area contributed by atoms with E-state index in [1.165, 1.54) is 15.6 Å². The van der Waals surface area contributed by atoms with E-state index in [-0.39, 0.29) is 6.54 Å². The number of sulfonamides is 1. The predicted molar refractivity (Wildman–Crippen MR) is 79.7 cm³/mol. The van der Waals surface area contributed by atoms with Gasteiger partial charge in [0.05, 0.1) is 6.54 Å². The van der Waals surface area contributed by atoms with Crippen LogP contribution in [0.4, 0.5) is 0 Å². The lowest BCUT2D eigenvalue weighted by atomic mass is 10.3. The number of hydrogen-bond acceptors (Lipinski definition) is 4. The third kappa shape index (κ3) is 3.80. The van der Waals surface area contributed by atoms with Crippen LogP contribution in [0.3, 0.4) is 0 Å². The first-order valence-corrected chi connectivity index (χ1v) is 8.46. The molecule has 0 spiro atoms. The number of nitrogens with one attached hydrogen (secondary N) is 1. The van der Waals surface area contributed by atoms with Crippen LogP contribution in [0, 0.1) is 19.3 Å². The lowest BCUT2D eigenvalue weighted by molar-refractivity contribution is 0.466. The molecule has 0 amide bonds. The molecule has 1 N–H and O–H groups in total. The van der Waals surface area contributed by atoms with Crippen molar-refractivity contribution in [1.29, 1.82) is 0 Å². The van der Waals surface area contributed by atoms with Crippen molar-refractivity contribution >= 4 is 21.4 Å². The normalized spacial score (nSPS) is 11.7. The molecule has 1 heterocycles. The minimum Gasteiger partial charge on any atom is -0.312 e. The summed E-state index contributed by atoms with van der Waals surface area (Å²) in [6.45, 7) is 7.78. The molecule has 1 aromatic rings. The Morgan fingerprint density at radius 1 is 1.47 bits per heavy atom. The highest BCUT2D eigenvalue weighted by Crippen LogP contribution is 2.28. The minimum absolute atomic E-state index is 0.109. The quantitative estimate of drug-likeness (QED) is 0.781. The van der Waals surface area contributed by atoms with Crippen molar-refractivity contribution in [3.63, 3.8) is 0 Å². The van der Waals surface area contributed by atoms with E-state index in [1.807, 2.05) is 13.8 Å². The van der Waals surface area contributed by atoms with Crippen LogP contribution >= 0.6 is 11.3 Å². The van der Waals surface area contributed by atoms with E-state index in [2.05, 4.69) is 11.2 Å². The van der Waals surface area contributed by atoms with Crippen LogP contribution in [0.2, 0.25) is 0 Å². The predicted octanol–water partition coefficient (Wildman–Crippen LogP) is 1.81. The molecule has 0 unspecified atom stereocenters. The van der Waals surface area contributed by atoms with E-state index in [0.29, 0.717) is 17.3 Å². The molecule has 0 aromatic carbocycles. The maximum absolute atomic E-state index is 12.4. The number of rotatable bonds is 7. The third-order valence-electron chi connectivity index (χ3n) is 2.75. The van der Waals surface area contributed by atoms with E-state index in [4.69, 9.17) is 6.42 Å². The Balaban J connectivity index is 3.05. The summed E-state index contributed by atoms with van der Waals surface area (Å²) in [6, 6.07) is 1.73. The molecular weight excluding hydrogens is 280 g/mol. The molecule has 0 aliphatic carbocycles. The van der Waals surface area contributed by atoms with Crippen molar-refractivity contribution in [3.8, 4) is 12.3 Å². The topological polar surface area (TPSA) is 49.4 Å². The van der Waals surface area contributed by atoms with Crippen LogP contribution in [0.25, 0.3) is 0 Å².